The van der Waals surface area contributed by atoms with E-state index in [0.717, 1.165) is 0 Å². The van der Waals surface area contributed by atoms with Gasteiger partial charge in [-0.2, -0.15) is 0 Å². The van der Waals surface area contributed by atoms with Crippen LogP contribution in [0.2, 0.25) is 0 Å². The molecule has 82 valence electrons. The van der Waals surface area contributed by atoms with Crippen LogP contribution in [0.25, 0.3) is 5.82 Å². The molecular formula is C9H7BrN4O2. The van der Waals surface area contributed by atoms with Crippen molar-refractivity contribution in [3.63, 3.8) is 0 Å². The number of pyridine rings is 1. The molecule has 0 fully saturated rings. The monoisotopic (exact) mass is 282 g/mol. The second-order valence-electron chi connectivity index (χ2n) is 3.13. The zero-order valence-corrected chi connectivity index (χ0v) is 9.88. The summed E-state index contributed by atoms with van der Waals surface area (Å²) in [6.45, 7) is 1.67. The number of nitrogens with zero attached hydrogens (tertiary/aromatic N) is 4. The van der Waals surface area contributed by atoms with Crippen LogP contribution in [0, 0.1) is 17.0 Å². The molecule has 0 aliphatic rings. The summed E-state index contributed by atoms with van der Waals surface area (Å²) in [5.74, 6) is 0.584. The number of hydrogen-bond acceptors (Lipinski definition) is 4. The van der Waals surface area contributed by atoms with Crippen molar-refractivity contribution in [3.05, 3.63) is 45.1 Å². The highest BCUT2D eigenvalue weighted by molar-refractivity contribution is 9.10. The summed E-state index contributed by atoms with van der Waals surface area (Å²) in [5.41, 5.74) is 0.541. The van der Waals surface area contributed by atoms with Crippen molar-refractivity contribution in [1.29, 1.82) is 0 Å². The molecule has 0 radical (unpaired) electrons. The van der Waals surface area contributed by atoms with Gasteiger partial charge in [0.15, 0.2) is 5.82 Å². The van der Waals surface area contributed by atoms with Crippen LogP contribution in [-0.2, 0) is 0 Å². The van der Waals surface area contributed by atoms with Crippen LogP contribution in [0.4, 0.5) is 5.69 Å². The number of nitro groups is 1. The summed E-state index contributed by atoms with van der Waals surface area (Å²) in [6, 6.07) is 0. The van der Waals surface area contributed by atoms with Crippen molar-refractivity contribution in [1.82, 2.24) is 14.5 Å². The minimum absolute atomic E-state index is 0.00394. The largest absolute Gasteiger partial charge is 0.291 e. The zero-order valence-electron chi connectivity index (χ0n) is 8.29. The molecule has 2 aromatic rings. The Morgan fingerprint density at radius 2 is 2.31 bits per heavy atom. The van der Waals surface area contributed by atoms with Gasteiger partial charge in [0.1, 0.15) is 12.5 Å². The van der Waals surface area contributed by atoms with Crippen LogP contribution >= 0.6 is 15.9 Å². The molecule has 7 heteroatoms. The van der Waals surface area contributed by atoms with Crippen molar-refractivity contribution in [2.45, 2.75) is 6.92 Å². The van der Waals surface area contributed by atoms with Gasteiger partial charge in [-0.15, -0.1) is 0 Å². The molecule has 0 spiro atoms. The molecule has 6 nitrogen and oxygen atoms in total. The minimum atomic E-state index is -0.454. The zero-order chi connectivity index (χ0) is 11.7. The molecule has 0 N–H and O–H groups in total. The van der Waals surface area contributed by atoms with E-state index >= 15 is 0 Å². The second kappa shape index (κ2) is 4.01. The van der Waals surface area contributed by atoms with Crippen LogP contribution in [0.15, 0.2) is 29.4 Å². The van der Waals surface area contributed by atoms with Crippen LogP contribution in [0.3, 0.4) is 0 Å². The lowest BCUT2D eigenvalue weighted by atomic mass is 10.2. The van der Waals surface area contributed by atoms with E-state index in [9.17, 15) is 10.1 Å². The summed E-state index contributed by atoms with van der Waals surface area (Å²) in [6.07, 6.45) is 6.16. The maximum Gasteiger partial charge on any atom is 0.291 e. The highest BCUT2D eigenvalue weighted by Crippen LogP contribution is 2.29. The third-order valence-corrected chi connectivity index (χ3v) is 3.11. The topological polar surface area (TPSA) is 73.8 Å². The van der Waals surface area contributed by atoms with Gasteiger partial charge in [-0.05, 0) is 22.9 Å². The molecule has 0 saturated carbocycles. The normalized spacial score (nSPS) is 10.4. The Labute approximate surface area is 99.2 Å². The molecule has 16 heavy (non-hydrogen) atoms. The molecule has 0 aliphatic heterocycles. The first kappa shape index (κ1) is 10.7. The lowest BCUT2D eigenvalue weighted by molar-refractivity contribution is -0.385. The Morgan fingerprint density at radius 1 is 1.56 bits per heavy atom. The van der Waals surface area contributed by atoms with E-state index in [2.05, 4.69) is 25.9 Å². The predicted octanol–water partition coefficient (Wildman–Crippen LogP) is 2.25. The van der Waals surface area contributed by atoms with E-state index in [1.165, 1.54) is 6.20 Å². The van der Waals surface area contributed by atoms with Crippen LogP contribution in [-0.4, -0.2) is 19.5 Å². The van der Waals surface area contributed by atoms with Gasteiger partial charge >= 0.3 is 0 Å². The van der Waals surface area contributed by atoms with Crippen molar-refractivity contribution < 1.29 is 4.92 Å². The van der Waals surface area contributed by atoms with Crippen LogP contribution in [0.1, 0.15) is 5.56 Å². The smallest absolute Gasteiger partial charge is 0.290 e. The van der Waals surface area contributed by atoms with E-state index in [1.54, 1.807) is 30.2 Å². The van der Waals surface area contributed by atoms with Gasteiger partial charge < -0.3 is 0 Å². The maximum atomic E-state index is 10.7. The van der Waals surface area contributed by atoms with Crippen molar-refractivity contribution >= 4 is 21.6 Å². The van der Waals surface area contributed by atoms with E-state index in [4.69, 9.17) is 0 Å². The summed E-state index contributed by atoms with van der Waals surface area (Å²) >= 11 is 3.31. The summed E-state index contributed by atoms with van der Waals surface area (Å²) in [7, 11) is 0. The van der Waals surface area contributed by atoms with E-state index in [-0.39, 0.29) is 5.69 Å². The second-order valence-corrected chi connectivity index (χ2v) is 3.93. The minimum Gasteiger partial charge on any atom is -0.290 e. The van der Waals surface area contributed by atoms with E-state index in [1.807, 2.05) is 0 Å². The molecule has 0 amide bonds. The van der Waals surface area contributed by atoms with Gasteiger partial charge in [0, 0.05) is 18.0 Å². The van der Waals surface area contributed by atoms with Crippen molar-refractivity contribution in [3.8, 4) is 5.82 Å². The van der Waals surface area contributed by atoms with Gasteiger partial charge in [-0.25, -0.2) is 9.97 Å². The lowest BCUT2D eigenvalue weighted by Gasteiger charge is -2.06. The van der Waals surface area contributed by atoms with Gasteiger partial charge in [0.2, 0.25) is 0 Å². The number of imidazole rings is 1. The van der Waals surface area contributed by atoms with E-state index < -0.39 is 4.92 Å². The fourth-order valence-electron chi connectivity index (χ4n) is 1.30. The summed E-state index contributed by atoms with van der Waals surface area (Å²) in [5, 5.41) is 10.7. The molecule has 0 aromatic carbocycles. The van der Waals surface area contributed by atoms with Gasteiger partial charge in [0.25, 0.3) is 5.69 Å². The molecule has 0 aliphatic carbocycles. The average molecular weight is 283 g/mol. The number of aromatic nitrogens is 3. The Bertz CT molecular complexity index is 539. The number of halogens is 1. The molecule has 2 heterocycles. The highest BCUT2D eigenvalue weighted by Gasteiger charge is 2.17. The van der Waals surface area contributed by atoms with E-state index in [0.29, 0.717) is 15.9 Å². The van der Waals surface area contributed by atoms with Crippen LogP contribution < -0.4 is 0 Å². The number of rotatable bonds is 2. The number of hydrogen-bond donors (Lipinski definition) is 0. The fourth-order valence-corrected chi connectivity index (χ4v) is 1.81. The highest BCUT2D eigenvalue weighted by atomic mass is 79.9. The Balaban J connectivity index is 2.60. The first-order chi connectivity index (χ1) is 7.61. The van der Waals surface area contributed by atoms with Gasteiger partial charge in [-0.3, -0.25) is 14.7 Å². The quantitative estimate of drug-likeness (QED) is 0.625. The van der Waals surface area contributed by atoms with Crippen molar-refractivity contribution in [2.24, 2.45) is 0 Å². The lowest BCUT2D eigenvalue weighted by Crippen LogP contribution is -2.01. The molecule has 0 saturated heterocycles. The molecule has 2 rings (SSSR count). The Kier molecular flexibility index (Phi) is 2.69. The third kappa shape index (κ3) is 1.69. The van der Waals surface area contributed by atoms with Gasteiger partial charge in [-0.1, -0.05) is 0 Å². The predicted molar refractivity (Wildman–Crippen MR) is 60.5 cm³/mol. The fraction of sp³-hybridized carbons (Fsp3) is 0.111. The molecular weight excluding hydrogens is 276 g/mol. The first-order valence-corrected chi connectivity index (χ1v) is 5.18. The maximum absolute atomic E-state index is 10.7. The molecule has 0 bridgehead atoms. The van der Waals surface area contributed by atoms with Gasteiger partial charge in [0.05, 0.1) is 9.40 Å². The summed E-state index contributed by atoms with van der Waals surface area (Å²) in [4.78, 5) is 18.2. The molecule has 0 atom stereocenters. The first-order valence-electron chi connectivity index (χ1n) is 4.39. The average Bonchev–Trinajstić information content (AvgIpc) is 2.74. The SMILES string of the molecule is Cc1c([N+](=O)[O-])cnc(-n2ccnc2)c1Br. The molecule has 2 aromatic heterocycles. The molecule has 0 unspecified atom stereocenters. The Morgan fingerprint density at radius 3 is 2.88 bits per heavy atom. The van der Waals surface area contributed by atoms with Crippen molar-refractivity contribution in [2.75, 3.05) is 0 Å². The standard InChI is InChI=1S/C9H7BrN4O2/c1-6-7(14(15)16)4-12-9(8(6)10)13-3-2-11-5-13/h2-5H,1H3. The third-order valence-electron chi connectivity index (χ3n) is 2.16. The van der Waals surface area contributed by atoms with Crippen LogP contribution in [0.5, 0.6) is 0 Å². The Hall–Kier alpha value is -1.76. The summed E-state index contributed by atoms with van der Waals surface area (Å²) < 4.78 is 2.28.